The number of hydrogen-bond donors (Lipinski definition) is 0. The molecule has 22 heavy (non-hydrogen) atoms. The van der Waals surface area contributed by atoms with Gasteiger partial charge in [-0.1, -0.05) is 54.6 Å². The van der Waals surface area contributed by atoms with E-state index in [0.717, 1.165) is 5.56 Å². The predicted molar refractivity (Wildman–Crippen MR) is 81.4 cm³/mol. The molecule has 0 radical (unpaired) electrons. The second-order valence-electron chi connectivity index (χ2n) is 4.74. The standard InChI is InChI=1S/C18H11N3O/c1-20-17(22)15-8-10-16(11-9-15)18(13-19,21-2)12-14-6-4-3-5-7-14/h3-11H,12H2. The lowest BCUT2D eigenvalue weighted by Gasteiger charge is -2.15. The van der Waals surface area contributed by atoms with E-state index in [2.05, 4.69) is 15.8 Å². The van der Waals surface area contributed by atoms with E-state index in [-0.39, 0.29) is 12.0 Å². The topological polar surface area (TPSA) is 49.6 Å². The van der Waals surface area contributed by atoms with Gasteiger partial charge in [-0.2, -0.15) is 10.1 Å². The number of rotatable bonds is 4. The minimum atomic E-state index is -1.33. The summed E-state index contributed by atoms with van der Waals surface area (Å²) in [6.45, 7) is 14.2. The van der Waals surface area contributed by atoms with E-state index in [4.69, 9.17) is 13.1 Å². The van der Waals surface area contributed by atoms with Crippen LogP contribution >= 0.6 is 0 Å². The van der Waals surface area contributed by atoms with Crippen LogP contribution in [0.5, 0.6) is 0 Å². The lowest BCUT2D eigenvalue weighted by molar-refractivity contribution is 0.104. The van der Waals surface area contributed by atoms with E-state index in [0.29, 0.717) is 5.56 Å². The fourth-order valence-electron chi connectivity index (χ4n) is 2.18. The van der Waals surface area contributed by atoms with E-state index in [9.17, 15) is 10.1 Å². The average molecular weight is 285 g/mol. The van der Waals surface area contributed by atoms with Crippen molar-refractivity contribution < 1.29 is 4.79 Å². The molecule has 0 heterocycles. The molecule has 0 aliphatic carbocycles. The number of benzene rings is 2. The number of carbonyl (C=O) groups excluding carboxylic acids is 1. The largest absolute Gasteiger partial charge is 0.385 e. The molecule has 0 saturated heterocycles. The second-order valence-corrected chi connectivity index (χ2v) is 4.74. The fraction of sp³-hybridized carbons (Fsp3) is 0.111. The third-order valence-electron chi connectivity index (χ3n) is 3.39. The predicted octanol–water partition coefficient (Wildman–Crippen LogP) is 3.63. The van der Waals surface area contributed by atoms with Crippen LogP contribution in [-0.4, -0.2) is 5.91 Å². The highest BCUT2D eigenvalue weighted by atomic mass is 16.1. The summed E-state index contributed by atoms with van der Waals surface area (Å²) in [6, 6.07) is 17.5. The summed E-state index contributed by atoms with van der Waals surface area (Å²) >= 11 is 0. The van der Waals surface area contributed by atoms with Gasteiger partial charge in [0.25, 0.3) is 0 Å². The first-order chi connectivity index (χ1) is 10.6. The maximum atomic E-state index is 11.3. The first-order valence-corrected chi connectivity index (χ1v) is 6.51. The van der Waals surface area contributed by atoms with Gasteiger partial charge in [0.05, 0.1) is 18.6 Å². The zero-order chi connectivity index (χ0) is 16.0. The van der Waals surface area contributed by atoms with Gasteiger partial charge in [0.1, 0.15) is 0 Å². The van der Waals surface area contributed by atoms with Crippen LogP contribution in [0.15, 0.2) is 54.6 Å². The number of nitrogens with zero attached hydrogens (tertiary/aromatic N) is 3. The molecule has 2 rings (SSSR count). The molecule has 0 aliphatic rings. The molecule has 0 N–H and O–H groups in total. The number of nitriles is 1. The zero-order valence-corrected chi connectivity index (χ0v) is 11.7. The Morgan fingerprint density at radius 3 is 2.23 bits per heavy atom. The number of amides is 1. The molecular weight excluding hydrogens is 274 g/mol. The van der Waals surface area contributed by atoms with Crippen molar-refractivity contribution in [3.8, 4) is 6.07 Å². The molecule has 0 aromatic heterocycles. The highest BCUT2D eigenvalue weighted by Gasteiger charge is 2.39. The molecule has 0 aliphatic heterocycles. The van der Waals surface area contributed by atoms with Crippen LogP contribution in [-0.2, 0) is 12.0 Å². The summed E-state index contributed by atoms with van der Waals surface area (Å²) in [4.78, 5) is 17.7. The van der Waals surface area contributed by atoms with Crippen LogP contribution in [0.25, 0.3) is 9.69 Å². The van der Waals surface area contributed by atoms with Gasteiger partial charge in [0.2, 0.25) is 0 Å². The molecule has 1 amide bonds. The molecular formula is C18H11N3O. The van der Waals surface area contributed by atoms with Gasteiger partial charge >= 0.3 is 11.4 Å². The van der Waals surface area contributed by atoms with Crippen LogP contribution in [0.2, 0.25) is 0 Å². The van der Waals surface area contributed by atoms with Crippen LogP contribution in [0, 0.1) is 24.5 Å². The third kappa shape index (κ3) is 2.85. The highest BCUT2D eigenvalue weighted by molar-refractivity contribution is 6.01. The number of hydrogen-bond acceptors (Lipinski definition) is 2. The third-order valence-corrected chi connectivity index (χ3v) is 3.39. The molecule has 0 fully saturated rings. The van der Waals surface area contributed by atoms with Crippen molar-refractivity contribution in [3.63, 3.8) is 0 Å². The fourth-order valence-corrected chi connectivity index (χ4v) is 2.18. The Morgan fingerprint density at radius 2 is 1.73 bits per heavy atom. The molecule has 4 nitrogen and oxygen atoms in total. The first kappa shape index (κ1) is 15.0. The van der Waals surface area contributed by atoms with Gasteiger partial charge in [-0.25, -0.2) is 6.57 Å². The Hall–Kier alpha value is -3.42. The van der Waals surface area contributed by atoms with Crippen molar-refractivity contribution in [1.82, 2.24) is 0 Å². The van der Waals surface area contributed by atoms with Crippen molar-refractivity contribution >= 4 is 5.91 Å². The smallest absolute Gasteiger partial charge is 0.311 e. The summed E-state index contributed by atoms with van der Waals surface area (Å²) in [5, 5.41) is 9.54. The van der Waals surface area contributed by atoms with Gasteiger partial charge in [-0.05, 0) is 5.56 Å². The van der Waals surface area contributed by atoms with Crippen molar-refractivity contribution in [1.29, 1.82) is 5.26 Å². The van der Waals surface area contributed by atoms with E-state index >= 15 is 0 Å². The summed E-state index contributed by atoms with van der Waals surface area (Å²) < 4.78 is 0. The Kier molecular flexibility index (Phi) is 4.33. The monoisotopic (exact) mass is 285 g/mol. The summed E-state index contributed by atoms with van der Waals surface area (Å²) in [5.41, 5.74) is 0.341. The highest BCUT2D eigenvalue weighted by Crippen LogP contribution is 2.30. The van der Waals surface area contributed by atoms with E-state index in [1.54, 1.807) is 12.1 Å². The van der Waals surface area contributed by atoms with Crippen molar-refractivity contribution in [2.45, 2.75) is 12.0 Å². The average Bonchev–Trinajstić information content (AvgIpc) is 2.60. The lowest BCUT2D eigenvalue weighted by Crippen LogP contribution is -2.22. The maximum Gasteiger partial charge on any atom is 0.385 e. The first-order valence-electron chi connectivity index (χ1n) is 6.51. The molecule has 0 spiro atoms. The summed E-state index contributed by atoms with van der Waals surface area (Å²) in [7, 11) is 0. The van der Waals surface area contributed by atoms with E-state index in [1.165, 1.54) is 12.1 Å². The Bertz CT molecular complexity index is 789. The van der Waals surface area contributed by atoms with Crippen molar-refractivity contribution in [2.75, 3.05) is 0 Å². The van der Waals surface area contributed by atoms with E-state index in [1.807, 2.05) is 30.3 Å². The van der Waals surface area contributed by atoms with E-state index < -0.39 is 11.4 Å². The van der Waals surface area contributed by atoms with Crippen LogP contribution in [0.1, 0.15) is 21.5 Å². The molecule has 2 aromatic rings. The van der Waals surface area contributed by atoms with Gasteiger partial charge in [-0.15, -0.1) is 0 Å². The molecule has 0 saturated carbocycles. The van der Waals surface area contributed by atoms with Gasteiger partial charge in [0.15, 0.2) is 6.07 Å². The molecule has 104 valence electrons. The Morgan fingerprint density at radius 1 is 1.09 bits per heavy atom. The number of carbonyl (C=O) groups is 1. The van der Waals surface area contributed by atoms with Crippen LogP contribution in [0.3, 0.4) is 0 Å². The molecule has 2 aromatic carbocycles. The maximum absolute atomic E-state index is 11.3. The molecule has 1 atom stereocenters. The van der Waals surface area contributed by atoms with Crippen molar-refractivity contribution in [3.05, 3.63) is 94.1 Å². The minimum absolute atomic E-state index is 0.260. The van der Waals surface area contributed by atoms with Crippen molar-refractivity contribution in [2.24, 2.45) is 0 Å². The van der Waals surface area contributed by atoms with Gasteiger partial charge < -0.3 is 4.79 Å². The molecule has 4 heteroatoms. The lowest BCUT2D eigenvalue weighted by atomic mass is 9.85. The summed E-state index contributed by atoms with van der Waals surface area (Å²) in [6.07, 6.45) is 0.268. The Balaban J connectivity index is 2.41. The normalized spacial score (nSPS) is 12.2. The van der Waals surface area contributed by atoms with Gasteiger partial charge in [0, 0.05) is 5.56 Å². The van der Waals surface area contributed by atoms with Gasteiger partial charge in [-0.3, -0.25) is 4.85 Å². The quantitative estimate of drug-likeness (QED) is 0.805. The second kappa shape index (κ2) is 6.35. The SMILES string of the molecule is [C-]#[N+]C(=O)c1ccc(C(C#N)(Cc2ccccc2)[N+]#[C-])cc1. The van der Waals surface area contributed by atoms with Crippen LogP contribution < -0.4 is 0 Å². The summed E-state index contributed by atoms with van der Waals surface area (Å²) in [5.74, 6) is -0.653. The Labute approximate surface area is 128 Å². The molecule has 0 bridgehead atoms. The zero-order valence-electron chi connectivity index (χ0n) is 11.7. The molecule has 1 unspecified atom stereocenters. The minimum Gasteiger partial charge on any atom is -0.311 e. The van der Waals surface area contributed by atoms with Crippen LogP contribution in [0.4, 0.5) is 0 Å².